The Morgan fingerprint density at radius 2 is 2.08 bits per heavy atom. The number of phenolic OH excluding ortho intramolecular Hbond substituents is 1. The number of aromatic hydroxyl groups is 1. The molecule has 0 radical (unpaired) electrons. The minimum atomic E-state index is -0.241. The number of hydrogen-bond acceptors (Lipinski definition) is 5. The van der Waals surface area contributed by atoms with E-state index >= 15 is 0 Å². The van der Waals surface area contributed by atoms with Crippen LogP contribution in [0.15, 0.2) is 49.2 Å². The van der Waals surface area contributed by atoms with E-state index < -0.39 is 0 Å². The quantitative estimate of drug-likeness (QED) is 0.571. The number of aryl methyl sites for hydroxylation is 1. The molecule has 0 aliphatic carbocycles. The van der Waals surface area contributed by atoms with Crippen LogP contribution in [0.1, 0.15) is 18.3 Å². The first-order chi connectivity index (χ1) is 12.4. The minimum absolute atomic E-state index is 0.00767. The normalized spacial score (nSPS) is 11.4. The van der Waals surface area contributed by atoms with Gasteiger partial charge in [0.15, 0.2) is 11.5 Å². The lowest BCUT2D eigenvalue weighted by Gasteiger charge is -2.09. The monoisotopic (exact) mass is 479 g/mol. The van der Waals surface area contributed by atoms with Gasteiger partial charge in [0, 0.05) is 10.9 Å². The van der Waals surface area contributed by atoms with Crippen molar-refractivity contribution < 1.29 is 9.84 Å². The first-order valence-corrected chi connectivity index (χ1v) is 9.35. The fraction of sp³-hybridized carbons (Fsp3) is 0.167. The molecular formula is C18H15Br2N3O3. The highest BCUT2D eigenvalue weighted by atomic mass is 79.9. The summed E-state index contributed by atoms with van der Waals surface area (Å²) < 4.78 is 7.70. The molecule has 0 unspecified atom stereocenters. The second kappa shape index (κ2) is 7.59. The fourth-order valence-electron chi connectivity index (χ4n) is 2.49. The molecule has 1 heterocycles. The number of fused-ring (bicyclic) bond motifs is 1. The lowest BCUT2D eigenvalue weighted by atomic mass is 10.2. The molecule has 3 rings (SSSR count). The van der Waals surface area contributed by atoms with Crippen molar-refractivity contribution in [2.75, 3.05) is 7.11 Å². The summed E-state index contributed by atoms with van der Waals surface area (Å²) in [6.07, 6.45) is 2.08. The molecule has 2 aromatic carbocycles. The molecule has 134 valence electrons. The third-order valence-corrected chi connectivity index (χ3v) is 4.88. The average molecular weight is 481 g/mol. The summed E-state index contributed by atoms with van der Waals surface area (Å²) in [5.41, 5.74) is 1.06. The molecule has 1 aromatic heterocycles. The maximum Gasteiger partial charge on any atom is 0.282 e. The topological polar surface area (TPSA) is 76.7 Å². The van der Waals surface area contributed by atoms with E-state index in [1.54, 1.807) is 24.3 Å². The van der Waals surface area contributed by atoms with Gasteiger partial charge in [0.2, 0.25) is 0 Å². The number of methoxy groups -OCH3 is 1. The number of aromatic nitrogens is 2. The summed E-state index contributed by atoms with van der Waals surface area (Å²) in [6.45, 7) is 1.92. The molecule has 0 bridgehead atoms. The Hall–Kier alpha value is -2.19. The van der Waals surface area contributed by atoms with Crippen molar-refractivity contribution in [3.63, 3.8) is 0 Å². The van der Waals surface area contributed by atoms with E-state index in [0.29, 0.717) is 38.9 Å². The van der Waals surface area contributed by atoms with Gasteiger partial charge in [-0.05, 0) is 51.8 Å². The summed E-state index contributed by atoms with van der Waals surface area (Å²) in [5.74, 6) is 0.878. The zero-order chi connectivity index (χ0) is 18.8. The molecule has 0 fully saturated rings. The van der Waals surface area contributed by atoms with Gasteiger partial charge in [-0.1, -0.05) is 22.9 Å². The number of halogens is 2. The van der Waals surface area contributed by atoms with Crippen molar-refractivity contribution in [1.29, 1.82) is 0 Å². The Bertz CT molecular complexity index is 1080. The van der Waals surface area contributed by atoms with E-state index in [4.69, 9.17) is 4.74 Å². The molecule has 0 spiro atoms. The van der Waals surface area contributed by atoms with Crippen LogP contribution in [-0.4, -0.2) is 28.1 Å². The van der Waals surface area contributed by atoms with Crippen LogP contribution in [0.5, 0.6) is 11.5 Å². The number of rotatable bonds is 4. The van der Waals surface area contributed by atoms with E-state index in [0.717, 1.165) is 4.47 Å². The van der Waals surface area contributed by atoms with E-state index in [9.17, 15) is 9.90 Å². The zero-order valence-corrected chi connectivity index (χ0v) is 17.2. The Kier molecular flexibility index (Phi) is 5.43. The third-order valence-electron chi connectivity index (χ3n) is 3.78. The molecule has 26 heavy (non-hydrogen) atoms. The molecule has 6 nitrogen and oxygen atoms in total. The first kappa shape index (κ1) is 18.6. The summed E-state index contributed by atoms with van der Waals surface area (Å²) in [7, 11) is 1.47. The van der Waals surface area contributed by atoms with Crippen LogP contribution in [-0.2, 0) is 6.42 Å². The fourth-order valence-corrected chi connectivity index (χ4v) is 3.31. The Balaban J connectivity index is 2.14. The van der Waals surface area contributed by atoms with Crippen molar-refractivity contribution in [2.24, 2.45) is 5.10 Å². The van der Waals surface area contributed by atoms with Crippen LogP contribution in [0, 0.1) is 0 Å². The van der Waals surface area contributed by atoms with E-state index in [2.05, 4.69) is 41.9 Å². The largest absolute Gasteiger partial charge is 0.503 e. The Morgan fingerprint density at radius 1 is 1.31 bits per heavy atom. The number of phenols is 1. The molecule has 3 aromatic rings. The maximum atomic E-state index is 12.8. The van der Waals surface area contributed by atoms with Crippen LogP contribution in [0.2, 0.25) is 0 Å². The second-order valence-corrected chi connectivity index (χ2v) is 7.23. The minimum Gasteiger partial charge on any atom is -0.503 e. The number of hydrogen-bond donors (Lipinski definition) is 1. The first-order valence-electron chi connectivity index (χ1n) is 7.76. The highest BCUT2D eigenvalue weighted by Gasteiger charge is 2.11. The smallest absolute Gasteiger partial charge is 0.282 e. The maximum absolute atomic E-state index is 12.8. The van der Waals surface area contributed by atoms with Crippen LogP contribution in [0.25, 0.3) is 10.9 Å². The summed E-state index contributed by atoms with van der Waals surface area (Å²) in [4.78, 5) is 17.4. The van der Waals surface area contributed by atoms with Gasteiger partial charge >= 0.3 is 0 Å². The number of benzene rings is 2. The van der Waals surface area contributed by atoms with Gasteiger partial charge in [-0.25, -0.2) is 4.98 Å². The lowest BCUT2D eigenvalue weighted by Crippen LogP contribution is -2.22. The molecular weight excluding hydrogens is 466 g/mol. The number of nitrogens with zero attached hydrogens (tertiary/aromatic N) is 3. The summed E-state index contributed by atoms with van der Waals surface area (Å²) >= 11 is 6.65. The van der Waals surface area contributed by atoms with E-state index in [1.807, 2.05) is 13.0 Å². The second-order valence-electron chi connectivity index (χ2n) is 5.46. The van der Waals surface area contributed by atoms with Gasteiger partial charge < -0.3 is 9.84 Å². The van der Waals surface area contributed by atoms with Crippen molar-refractivity contribution in [2.45, 2.75) is 13.3 Å². The molecule has 1 N–H and O–H groups in total. The molecule has 0 amide bonds. The Morgan fingerprint density at radius 3 is 2.77 bits per heavy atom. The van der Waals surface area contributed by atoms with E-state index in [-0.39, 0.29) is 11.3 Å². The van der Waals surface area contributed by atoms with Crippen LogP contribution >= 0.6 is 31.9 Å². The highest BCUT2D eigenvalue weighted by Crippen LogP contribution is 2.34. The SMILES string of the molecule is CCc1nc2ccc(Br)cc2c(=O)n1N=Cc1cc(Br)c(O)c(OC)c1. The van der Waals surface area contributed by atoms with Gasteiger partial charge in [0.05, 0.1) is 28.7 Å². The Labute approximate surface area is 166 Å². The predicted molar refractivity (Wildman–Crippen MR) is 108 cm³/mol. The lowest BCUT2D eigenvalue weighted by molar-refractivity contribution is 0.372. The predicted octanol–water partition coefficient (Wildman–Crippen LogP) is 4.08. The van der Waals surface area contributed by atoms with Crippen molar-refractivity contribution in [3.05, 3.63) is 61.0 Å². The average Bonchev–Trinajstić information content (AvgIpc) is 2.63. The van der Waals surface area contributed by atoms with Gasteiger partial charge in [0.1, 0.15) is 5.82 Å². The van der Waals surface area contributed by atoms with Gasteiger partial charge in [-0.2, -0.15) is 9.78 Å². The standard InChI is InChI=1S/C18H15Br2N3O3/c1-3-16-22-14-5-4-11(19)8-12(14)18(25)23(16)21-9-10-6-13(20)17(24)15(7-10)26-2/h4-9,24H,3H2,1-2H3. The van der Waals surface area contributed by atoms with Crippen LogP contribution in [0.4, 0.5) is 0 Å². The van der Waals surface area contributed by atoms with Crippen molar-refractivity contribution in [3.8, 4) is 11.5 Å². The van der Waals surface area contributed by atoms with Gasteiger partial charge in [-0.15, -0.1) is 0 Å². The van der Waals surface area contributed by atoms with Crippen molar-refractivity contribution in [1.82, 2.24) is 9.66 Å². The van der Waals surface area contributed by atoms with Gasteiger partial charge in [0.25, 0.3) is 5.56 Å². The summed E-state index contributed by atoms with van der Waals surface area (Å²) in [5, 5.41) is 14.7. The zero-order valence-electron chi connectivity index (χ0n) is 14.0. The molecule has 0 aliphatic rings. The van der Waals surface area contributed by atoms with Gasteiger partial charge in [-0.3, -0.25) is 4.79 Å². The van der Waals surface area contributed by atoms with Crippen LogP contribution < -0.4 is 10.3 Å². The molecule has 0 atom stereocenters. The van der Waals surface area contributed by atoms with Crippen LogP contribution in [0.3, 0.4) is 0 Å². The molecule has 0 aliphatic heterocycles. The number of ether oxygens (including phenoxy) is 1. The molecule has 0 saturated heterocycles. The van der Waals surface area contributed by atoms with E-state index in [1.165, 1.54) is 18.0 Å². The summed E-state index contributed by atoms with van der Waals surface area (Å²) in [6, 6.07) is 8.70. The molecule has 8 heteroatoms. The third kappa shape index (κ3) is 3.52. The molecule has 0 saturated carbocycles. The van der Waals surface area contributed by atoms with Crippen molar-refractivity contribution >= 4 is 49.0 Å². The highest BCUT2D eigenvalue weighted by molar-refractivity contribution is 9.10.